The third-order valence-corrected chi connectivity index (χ3v) is 3.93. The first-order chi connectivity index (χ1) is 7.66. The lowest BCUT2D eigenvalue weighted by atomic mass is 9.82. The predicted octanol–water partition coefficient (Wildman–Crippen LogP) is 0.391. The van der Waals surface area contributed by atoms with Crippen molar-refractivity contribution < 1.29 is 9.90 Å². The molecule has 4 heteroatoms. The highest BCUT2D eigenvalue weighted by Gasteiger charge is 2.34. The molecule has 0 saturated heterocycles. The molecular weight excluding hydrogens is 204 g/mol. The molecule has 0 aliphatic heterocycles. The zero-order valence-corrected chi connectivity index (χ0v) is 9.69. The van der Waals surface area contributed by atoms with Crippen molar-refractivity contribution in [2.24, 2.45) is 17.6 Å². The number of nitrogens with one attached hydrogen (secondary N) is 1. The fourth-order valence-corrected chi connectivity index (χ4v) is 2.79. The predicted molar refractivity (Wildman–Crippen MR) is 61.7 cm³/mol. The van der Waals surface area contributed by atoms with Crippen LogP contribution in [0.25, 0.3) is 0 Å². The monoisotopic (exact) mass is 226 g/mol. The van der Waals surface area contributed by atoms with Crippen molar-refractivity contribution in [3.8, 4) is 0 Å². The van der Waals surface area contributed by atoms with E-state index < -0.39 is 12.0 Å². The summed E-state index contributed by atoms with van der Waals surface area (Å²) in [7, 11) is 0. The molecule has 0 spiro atoms. The zero-order valence-electron chi connectivity index (χ0n) is 9.69. The Morgan fingerprint density at radius 3 is 2.69 bits per heavy atom. The molecule has 0 heterocycles. The molecule has 2 rings (SSSR count). The smallest absolute Gasteiger partial charge is 0.247 e. The molecule has 3 atom stereocenters. The molecule has 4 N–H and O–H groups in total. The molecule has 3 unspecified atom stereocenters. The van der Waals surface area contributed by atoms with Gasteiger partial charge in [-0.15, -0.1) is 0 Å². The summed E-state index contributed by atoms with van der Waals surface area (Å²) in [6.07, 6.45) is 6.77. The minimum Gasteiger partial charge on any atom is -0.382 e. The van der Waals surface area contributed by atoms with E-state index in [2.05, 4.69) is 5.32 Å². The van der Waals surface area contributed by atoms with Gasteiger partial charge >= 0.3 is 0 Å². The van der Waals surface area contributed by atoms with Gasteiger partial charge in [-0.2, -0.15) is 0 Å². The van der Waals surface area contributed by atoms with Gasteiger partial charge in [0, 0.05) is 12.6 Å². The minimum atomic E-state index is -1.04. The quantitative estimate of drug-likeness (QED) is 0.635. The van der Waals surface area contributed by atoms with Crippen molar-refractivity contribution in [3.63, 3.8) is 0 Å². The minimum absolute atomic E-state index is 0.303. The van der Waals surface area contributed by atoms with Crippen LogP contribution >= 0.6 is 0 Å². The Hall–Kier alpha value is -0.610. The Bertz CT molecular complexity index is 253. The number of rotatable bonds is 5. The van der Waals surface area contributed by atoms with Gasteiger partial charge in [0.1, 0.15) is 6.10 Å². The van der Waals surface area contributed by atoms with Crippen LogP contribution in [0, 0.1) is 11.8 Å². The highest BCUT2D eigenvalue weighted by molar-refractivity contribution is 5.78. The summed E-state index contributed by atoms with van der Waals surface area (Å²) in [6, 6.07) is 0.466. The Morgan fingerprint density at radius 1 is 1.31 bits per heavy atom. The number of primary amides is 1. The molecule has 92 valence electrons. The van der Waals surface area contributed by atoms with Crippen molar-refractivity contribution in [3.05, 3.63) is 0 Å². The molecule has 0 aromatic rings. The first kappa shape index (κ1) is 11.9. The first-order valence-corrected chi connectivity index (χ1v) is 6.37. The van der Waals surface area contributed by atoms with E-state index in [1.54, 1.807) is 0 Å². The molecule has 0 bridgehead atoms. The summed E-state index contributed by atoms with van der Waals surface area (Å²) in [5.41, 5.74) is 5.01. The molecule has 0 radical (unpaired) electrons. The number of carbonyl (C=O) groups excluding carboxylic acids is 1. The van der Waals surface area contributed by atoms with E-state index >= 15 is 0 Å². The van der Waals surface area contributed by atoms with E-state index in [9.17, 15) is 9.90 Å². The van der Waals surface area contributed by atoms with Gasteiger partial charge in [-0.05, 0) is 37.5 Å². The van der Waals surface area contributed by atoms with E-state index in [4.69, 9.17) is 5.73 Å². The lowest BCUT2D eigenvalue weighted by Crippen LogP contribution is -2.43. The maximum Gasteiger partial charge on any atom is 0.247 e. The van der Waals surface area contributed by atoms with Crippen LogP contribution in [0.2, 0.25) is 0 Å². The summed E-state index contributed by atoms with van der Waals surface area (Å²) in [5, 5.41) is 12.6. The van der Waals surface area contributed by atoms with Gasteiger partial charge in [0.15, 0.2) is 0 Å². The van der Waals surface area contributed by atoms with Crippen LogP contribution in [0.1, 0.15) is 38.5 Å². The van der Waals surface area contributed by atoms with Crippen LogP contribution in [0.4, 0.5) is 0 Å². The molecule has 2 aliphatic carbocycles. The third kappa shape index (κ3) is 3.19. The summed E-state index contributed by atoms with van der Waals surface area (Å²) < 4.78 is 0. The molecule has 2 aliphatic rings. The SMILES string of the molecule is NC(=O)C(O)CNC1CCCC(C2CC2)C1. The van der Waals surface area contributed by atoms with Crippen LogP contribution in [0.3, 0.4) is 0 Å². The van der Waals surface area contributed by atoms with Crippen LogP contribution in [-0.4, -0.2) is 29.7 Å². The topological polar surface area (TPSA) is 75.4 Å². The van der Waals surface area contributed by atoms with Gasteiger partial charge in [-0.25, -0.2) is 0 Å². The highest BCUT2D eigenvalue weighted by atomic mass is 16.3. The van der Waals surface area contributed by atoms with Crippen molar-refractivity contribution in [1.82, 2.24) is 5.32 Å². The molecule has 0 aromatic carbocycles. The lowest BCUT2D eigenvalue weighted by molar-refractivity contribution is -0.125. The summed E-state index contributed by atoms with van der Waals surface area (Å²) in [5.74, 6) is 1.20. The number of aliphatic hydroxyl groups is 1. The first-order valence-electron chi connectivity index (χ1n) is 6.37. The fraction of sp³-hybridized carbons (Fsp3) is 0.917. The van der Waals surface area contributed by atoms with Crippen molar-refractivity contribution in [2.45, 2.75) is 50.7 Å². The summed E-state index contributed by atoms with van der Waals surface area (Å²) >= 11 is 0. The molecule has 0 aromatic heterocycles. The second kappa shape index (κ2) is 5.15. The van der Waals surface area contributed by atoms with E-state index in [-0.39, 0.29) is 0 Å². The van der Waals surface area contributed by atoms with Crippen LogP contribution in [0.5, 0.6) is 0 Å². The van der Waals surface area contributed by atoms with E-state index in [0.717, 1.165) is 18.3 Å². The molecule has 1 amide bonds. The van der Waals surface area contributed by atoms with Gasteiger partial charge in [0.2, 0.25) is 5.91 Å². The third-order valence-electron chi connectivity index (χ3n) is 3.93. The van der Waals surface area contributed by atoms with Gasteiger partial charge in [0.05, 0.1) is 0 Å². The normalized spacial score (nSPS) is 32.3. The molecule has 4 nitrogen and oxygen atoms in total. The van der Waals surface area contributed by atoms with Gasteiger partial charge < -0.3 is 16.2 Å². The standard InChI is InChI=1S/C12H22N2O2/c13-12(16)11(15)7-14-10-3-1-2-9(6-10)8-4-5-8/h8-11,14-15H,1-7H2,(H2,13,16). The van der Waals surface area contributed by atoms with Gasteiger partial charge in [0.25, 0.3) is 0 Å². The Labute approximate surface area is 96.6 Å². The number of nitrogens with two attached hydrogens (primary N) is 1. The zero-order chi connectivity index (χ0) is 11.5. The molecular formula is C12H22N2O2. The molecule has 2 saturated carbocycles. The lowest BCUT2D eigenvalue weighted by Gasteiger charge is -2.30. The Balaban J connectivity index is 1.70. The number of carbonyl (C=O) groups is 1. The number of aliphatic hydroxyl groups excluding tert-OH is 1. The second-order valence-corrected chi connectivity index (χ2v) is 5.29. The van der Waals surface area contributed by atoms with Crippen molar-refractivity contribution >= 4 is 5.91 Å². The molecule has 2 fully saturated rings. The fourth-order valence-electron chi connectivity index (χ4n) is 2.79. The van der Waals surface area contributed by atoms with Crippen molar-refractivity contribution in [1.29, 1.82) is 0 Å². The number of hydrogen-bond donors (Lipinski definition) is 3. The maximum atomic E-state index is 10.7. The van der Waals surface area contributed by atoms with E-state index in [1.807, 2.05) is 0 Å². The summed E-state index contributed by atoms with van der Waals surface area (Å²) in [4.78, 5) is 10.7. The van der Waals surface area contributed by atoms with Crippen LogP contribution < -0.4 is 11.1 Å². The average molecular weight is 226 g/mol. The Kier molecular flexibility index (Phi) is 3.82. The van der Waals surface area contributed by atoms with E-state index in [0.29, 0.717) is 12.6 Å². The maximum absolute atomic E-state index is 10.7. The van der Waals surface area contributed by atoms with Gasteiger partial charge in [-0.3, -0.25) is 4.79 Å². The Morgan fingerprint density at radius 2 is 2.06 bits per heavy atom. The number of hydrogen-bond acceptors (Lipinski definition) is 3. The summed E-state index contributed by atoms with van der Waals surface area (Å²) in [6.45, 7) is 0.303. The van der Waals surface area contributed by atoms with Crippen molar-refractivity contribution in [2.75, 3.05) is 6.54 Å². The van der Waals surface area contributed by atoms with Crippen LogP contribution in [-0.2, 0) is 4.79 Å². The van der Waals surface area contributed by atoms with E-state index in [1.165, 1.54) is 32.1 Å². The largest absolute Gasteiger partial charge is 0.382 e. The number of amides is 1. The average Bonchev–Trinajstić information content (AvgIpc) is 3.10. The second-order valence-electron chi connectivity index (χ2n) is 5.29. The van der Waals surface area contributed by atoms with Gasteiger partial charge in [-0.1, -0.05) is 12.8 Å². The molecule has 16 heavy (non-hydrogen) atoms. The highest BCUT2D eigenvalue weighted by Crippen LogP contribution is 2.43. The van der Waals surface area contributed by atoms with Crippen LogP contribution in [0.15, 0.2) is 0 Å².